The molecule has 22 heavy (non-hydrogen) atoms. The van der Waals surface area contributed by atoms with E-state index in [4.69, 9.17) is 23.2 Å². The second kappa shape index (κ2) is 6.86. The maximum atomic E-state index is 12.4. The van der Waals surface area contributed by atoms with Crippen LogP contribution >= 0.6 is 39.1 Å². The maximum absolute atomic E-state index is 12.4. The number of hydrogen-bond acceptors (Lipinski definition) is 2. The van der Waals surface area contributed by atoms with E-state index >= 15 is 0 Å². The number of nitrogens with zero attached hydrogens (tertiary/aromatic N) is 1. The summed E-state index contributed by atoms with van der Waals surface area (Å²) < 4.78 is 1.78. The molecule has 1 amide bonds. The minimum Gasteiger partial charge on any atom is -0.323 e. The number of pyridine rings is 1. The second-order valence-corrected chi connectivity index (χ2v) is 6.57. The Balaban J connectivity index is 2.30. The molecule has 4 nitrogen and oxygen atoms in total. The first kappa shape index (κ1) is 17.1. The van der Waals surface area contributed by atoms with Gasteiger partial charge < -0.3 is 9.88 Å². The lowest BCUT2D eigenvalue weighted by Crippen LogP contribution is -2.31. The van der Waals surface area contributed by atoms with Crippen molar-refractivity contribution in [2.24, 2.45) is 0 Å². The van der Waals surface area contributed by atoms with E-state index in [9.17, 15) is 9.59 Å². The standard InChI is InChI=1S/C15H13BrCl2N2O2/c1-8-5-11(16)15(22)20(7-8)9(2)14(21)19-13-6-10(17)3-4-12(13)18/h3-7,9H,1-2H3,(H,19,21). The number of halogens is 3. The summed E-state index contributed by atoms with van der Waals surface area (Å²) in [5, 5.41) is 3.52. The molecule has 0 radical (unpaired) electrons. The average Bonchev–Trinajstić information content (AvgIpc) is 2.45. The van der Waals surface area contributed by atoms with Gasteiger partial charge in [-0.1, -0.05) is 23.2 Å². The molecule has 1 aromatic carbocycles. The Kier molecular flexibility index (Phi) is 5.32. The highest BCUT2D eigenvalue weighted by Crippen LogP contribution is 2.26. The highest BCUT2D eigenvalue weighted by atomic mass is 79.9. The molecule has 0 aliphatic heterocycles. The van der Waals surface area contributed by atoms with Gasteiger partial charge in [0.25, 0.3) is 5.56 Å². The monoisotopic (exact) mass is 402 g/mol. The van der Waals surface area contributed by atoms with Gasteiger partial charge in [-0.2, -0.15) is 0 Å². The molecule has 1 atom stereocenters. The Labute approximate surface area is 146 Å². The van der Waals surface area contributed by atoms with Crippen LogP contribution in [0.25, 0.3) is 0 Å². The molecular formula is C15H13BrCl2N2O2. The van der Waals surface area contributed by atoms with Crippen molar-refractivity contribution in [3.63, 3.8) is 0 Å². The van der Waals surface area contributed by atoms with E-state index < -0.39 is 6.04 Å². The van der Waals surface area contributed by atoms with Crippen molar-refractivity contribution in [3.05, 3.63) is 60.9 Å². The van der Waals surface area contributed by atoms with Crippen LogP contribution in [-0.4, -0.2) is 10.5 Å². The van der Waals surface area contributed by atoms with Crippen molar-refractivity contribution >= 4 is 50.7 Å². The van der Waals surface area contributed by atoms with Gasteiger partial charge in [0.15, 0.2) is 0 Å². The minimum absolute atomic E-state index is 0.273. The van der Waals surface area contributed by atoms with Crippen LogP contribution in [0.4, 0.5) is 5.69 Å². The van der Waals surface area contributed by atoms with Crippen molar-refractivity contribution in [3.8, 4) is 0 Å². The summed E-state index contributed by atoms with van der Waals surface area (Å²) in [5.74, 6) is -0.358. The van der Waals surface area contributed by atoms with Gasteiger partial charge in [-0.15, -0.1) is 0 Å². The summed E-state index contributed by atoms with van der Waals surface area (Å²) in [5.41, 5.74) is 1.00. The number of nitrogens with one attached hydrogen (secondary N) is 1. The molecule has 0 saturated carbocycles. The number of hydrogen-bond donors (Lipinski definition) is 1. The fourth-order valence-electron chi connectivity index (χ4n) is 1.94. The van der Waals surface area contributed by atoms with Crippen LogP contribution in [0.2, 0.25) is 10.0 Å². The predicted octanol–water partition coefficient (Wildman–Crippen LogP) is 4.43. The highest BCUT2D eigenvalue weighted by molar-refractivity contribution is 9.10. The van der Waals surface area contributed by atoms with E-state index in [1.807, 2.05) is 6.92 Å². The van der Waals surface area contributed by atoms with Crippen LogP contribution < -0.4 is 10.9 Å². The molecule has 2 rings (SSSR count). The van der Waals surface area contributed by atoms with Crippen molar-refractivity contribution in [1.82, 2.24) is 4.57 Å². The summed E-state index contributed by atoms with van der Waals surface area (Å²) in [6, 6.07) is 5.80. The van der Waals surface area contributed by atoms with Crippen molar-refractivity contribution in [2.75, 3.05) is 5.32 Å². The van der Waals surface area contributed by atoms with Crippen LogP contribution in [0.5, 0.6) is 0 Å². The van der Waals surface area contributed by atoms with E-state index in [0.29, 0.717) is 20.2 Å². The Morgan fingerprint density at radius 3 is 2.68 bits per heavy atom. The van der Waals surface area contributed by atoms with Crippen molar-refractivity contribution in [2.45, 2.75) is 19.9 Å². The lowest BCUT2D eigenvalue weighted by atomic mass is 10.2. The topological polar surface area (TPSA) is 51.1 Å². The van der Waals surface area contributed by atoms with Gasteiger partial charge in [0, 0.05) is 11.2 Å². The Bertz CT molecular complexity index is 790. The predicted molar refractivity (Wildman–Crippen MR) is 92.9 cm³/mol. The number of aromatic nitrogens is 1. The zero-order valence-corrected chi connectivity index (χ0v) is 15.0. The molecule has 0 aliphatic rings. The molecule has 7 heteroatoms. The summed E-state index contributed by atoms with van der Waals surface area (Å²) in [6.07, 6.45) is 1.64. The smallest absolute Gasteiger partial charge is 0.265 e. The third-order valence-corrected chi connectivity index (χ3v) is 4.25. The van der Waals surface area contributed by atoms with Crippen LogP contribution in [0.1, 0.15) is 18.5 Å². The summed E-state index contributed by atoms with van der Waals surface area (Å²) in [4.78, 5) is 24.5. The molecule has 0 fully saturated rings. The molecule has 0 spiro atoms. The first-order chi connectivity index (χ1) is 10.3. The molecule has 0 saturated heterocycles. The molecule has 1 heterocycles. The number of aryl methyl sites for hydroxylation is 1. The SMILES string of the molecule is Cc1cc(Br)c(=O)n(C(C)C(=O)Nc2cc(Cl)ccc2Cl)c1. The third-order valence-electron chi connectivity index (χ3n) is 3.12. The van der Waals surface area contributed by atoms with Gasteiger partial charge in [-0.25, -0.2) is 0 Å². The molecule has 2 aromatic rings. The fraction of sp³-hybridized carbons (Fsp3) is 0.200. The molecule has 1 aromatic heterocycles. The maximum Gasteiger partial charge on any atom is 0.265 e. The number of benzene rings is 1. The van der Waals surface area contributed by atoms with Crippen LogP contribution in [0.3, 0.4) is 0 Å². The molecule has 1 N–H and O–H groups in total. The zero-order chi connectivity index (χ0) is 16.4. The first-order valence-electron chi connectivity index (χ1n) is 6.44. The van der Waals surface area contributed by atoms with Crippen LogP contribution in [0.15, 0.2) is 39.7 Å². The van der Waals surface area contributed by atoms with Crippen LogP contribution in [0, 0.1) is 6.92 Å². The molecule has 116 valence electrons. The molecular weight excluding hydrogens is 391 g/mol. The van der Waals surface area contributed by atoms with E-state index in [1.54, 1.807) is 37.4 Å². The molecule has 0 bridgehead atoms. The largest absolute Gasteiger partial charge is 0.323 e. The lowest BCUT2D eigenvalue weighted by Gasteiger charge is -2.17. The summed E-state index contributed by atoms with van der Waals surface area (Å²) in [6.45, 7) is 3.49. The summed E-state index contributed by atoms with van der Waals surface area (Å²) >= 11 is 15.1. The van der Waals surface area contributed by atoms with E-state index in [-0.39, 0.29) is 11.5 Å². The Hall–Kier alpha value is -1.30. The van der Waals surface area contributed by atoms with Gasteiger partial charge in [0.2, 0.25) is 5.91 Å². The van der Waals surface area contributed by atoms with E-state index in [2.05, 4.69) is 21.2 Å². The Morgan fingerprint density at radius 1 is 1.32 bits per heavy atom. The second-order valence-electron chi connectivity index (χ2n) is 4.87. The van der Waals surface area contributed by atoms with E-state index in [1.165, 1.54) is 4.57 Å². The highest BCUT2D eigenvalue weighted by Gasteiger charge is 2.18. The van der Waals surface area contributed by atoms with Gasteiger partial charge in [0.05, 0.1) is 15.2 Å². The van der Waals surface area contributed by atoms with Gasteiger partial charge in [-0.3, -0.25) is 9.59 Å². The normalized spacial score (nSPS) is 12.0. The quantitative estimate of drug-likeness (QED) is 0.824. The lowest BCUT2D eigenvalue weighted by molar-refractivity contribution is -0.118. The summed E-state index contributed by atoms with van der Waals surface area (Å²) in [7, 11) is 0. The first-order valence-corrected chi connectivity index (χ1v) is 7.98. The van der Waals surface area contributed by atoms with E-state index in [0.717, 1.165) is 5.56 Å². The van der Waals surface area contributed by atoms with Gasteiger partial charge in [0.1, 0.15) is 6.04 Å². The zero-order valence-electron chi connectivity index (χ0n) is 11.9. The van der Waals surface area contributed by atoms with Crippen LogP contribution in [-0.2, 0) is 4.79 Å². The molecule has 1 unspecified atom stereocenters. The van der Waals surface area contributed by atoms with Gasteiger partial charge in [-0.05, 0) is 59.6 Å². The average molecular weight is 404 g/mol. The van der Waals surface area contributed by atoms with Gasteiger partial charge >= 0.3 is 0 Å². The minimum atomic E-state index is -0.696. The fourth-order valence-corrected chi connectivity index (χ4v) is 2.85. The Morgan fingerprint density at radius 2 is 2.00 bits per heavy atom. The number of amides is 1. The van der Waals surface area contributed by atoms with Crippen molar-refractivity contribution in [1.29, 1.82) is 0 Å². The number of carbonyl (C=O) groups is 1. The molecule has 0 aliphatic carbocycles. The number of carbonyl (C=O) groups excluding carboxylic acids is 1. The number of anilines is 1. The number of rotatable bonds is 3. The van der Waals surface area contributed by atoms with Crippen molar-refractivity contribution < 1.29 is 4.79 Å². The third kappa shape index (κ3) is 3.72.